The standard InChI is InChI=1S/C24H24N8O2/c1-24(2,3)20-11-21(32-34-20)29-23(33)28-16-6-4-5-15(9-16)27-17-7-8-18-19(10-17)30-31-22(18)14-12-25-26-13-14/h4-13,27H,1-3H3,(H,25,26)(H,30,31)(H2,28,29,32,33). The Morgan fingerprint density at radius 3 is 2.59 bits per heavy atom. The first-order chi connectivity index (χ1) is 16.3. The minimum Gasteiger partial charge on any atom is -0.359 e. The number of benzene rings is 2. The van der Waals surface area contributed by atoms with E-state index >= 15 is 0 Å². The van der Waals surface area contributed by atoms with Gasteiger partial charge in [0.15, 0.2) is 5.82 Å². The predicted molar refractivity (Wildman–Crippen MR) is 131 cm³/mol. The molecule has 3 heterocycles. The Morgan fingerprint density at radius 1 is 1.00 bits per heavy atom. The second-order valence-electron chi connectivity index (χ2n) is 8.93. The van der Waals surface area contributed by atoms with Gasteiger partial charge in [-0.05, 0) is 36.4 Å². The monoisotopic (exact) mass is 456 g/mol. The number of hydrogen-bond acceptors (Lipinski definition) is 6. The lowest BCUT2D eigenvalue weighted by Gasteiger charge is -2.12. The fourth-order valence-corrected chi connectivity index (χ4v) is 3.51. The fraction of sp³-hybridized carbons (Fsp3) is 0.167. The van der Waals surface area contributed by atoms with Crippen LogP contribution in [0, 0.1) is 0 Å². The summed E-state index contributed by atoms with van der Waals surface area (Å²) in [5.41, 5.74) is 4.81. The van der Waals surface area contributed by atoms with Crippen molar-refractivity contribution in [3.05, 3.63) is 66.7 Å². The predicted octanol–water partition coefficient (Wildman–Crippen LogP) is 5.63. The summed E-state index contributed by atoms with van der Waals surface area (Å²) in [5.74, 6) is 1.06. The number of amides is 2. The van der Waals surface area contributed by atoms with Crippen molar-refractivity contribution in [2.75, 3.05) is 16.0 Å². The van der Waals surface area contributed by atoms with Crippen LogP contribution in [0.3, 0.4) is 0 Å². The third kappa shape index (κ3) is 4.46. The molecule has 2 aromatic carbocycles. The SMILES string of the molecule is CC(C)(C)c1cc(NC(=O)Nc2cccc(Nc3ccc4c(-c5cn[nH]c5)n[nH]c4c3)c2)no1. The van der Waals surface area contributed by atoms with Gasteiger partial charge in [0.05, 0.1) is 11.7 Å². The van der Waals surface area contributed by atoms with E-state index in [9.17, 15) is 4.79 Å². The minimum absolute atomic E-state index is 0.191. The average Bonchev–Trinajstić information content (AvgIpc) is 3.54. The number of anilines is 4. The Balaban J connectivity index is 1.26. The van der Waals surface area contributed by atoms with Crippen molar-refractivity contribution in [2.45, 2.75) is 26.2 Å². The number of fused-ring (bicyclic) bond motifs is 1. The summed E-state index contributed by atoms with van der Waals surface area (Å²) in [6, 6.07) is 14.7. The molecule has 0 aliphatic rings. The number of urea groups is 1. The van der Waals surface area contributed by atoms with Crippen LogP contribution in [0.25, 0.3) is 22.2 Å². The van der Waals surface area contributed by atoms with E-state index in [1.165, 1.54) is 0 Å². The van der Waals surface area contributed by atoms with Crippen molar-refractivity contribution >= 4 is 39.8 Å². The molecular formula is C24H24N8O2. The molecule has 5 aromatic rings. The number of aromatic amines is 2. The third-order valence-electron chi connectivity index (χ3n) is 5.23. The van der Waals surface area contributed by atoms with Crippen LogP contribution in [-0.4, -0.2) is 31.6 Å². The van der Waals surface area contributed by atoms with Crippen molar-refractivity contribution in [3.63, 3.8) is 0 Å². The Labute approximate surface area is 195 Å². The van der Waals surface area contributed by atoms with Gasteiger partial charge in [0.25, 0.3) is 0 Å². The molecule has 2 amide bonds. The maximum atomic E-state index is 12.4. The molecule has 0 atom stereocenters. The molecule has 0 saturated carbocycles. The molecule has 172 valence electrons. The van der Waals surface area contributed by atoms with Crippen LogP contribution in [0.1, 0.15) is 26.5 Å². The first-order valence-corrected chi connectivity index (χ1v) is 10.7. The second kappa shape index (κ2) is 8.39. The first-order valence-electron chi connectivity index (χ1n) is 10.7. The van der Waals surface area contributed by atoms with Gasteiger partial charge in [-0.1, -0.05) is 32.0 Å². The quantitative estimate of drug-likeness (QED) is 0.233. The number of carbonyl (C=O) groups excluding carboxylic acids is 1. The topological polar surface area (TPSA) is 137 Å². The summed E-state index contributed by atoms with van der Waals surface area (Å²) >= 11 is 0. The first kappa shape index (κ1) is 21.3. The Bertz CT molecular complexity index is 1440. The highest BCUT2D eigenvalue weighted by atomic mass is 16.5. The summed E-state index contributed by atoms with van der Waals surface area (Å²) in [4.78, 5) is 12.4. The zero-order valence-electron chi connectivity index (χ0n) is 18.9. The lowest BCUT2D eigenvalue weighted by Crippen LogP contribution is -2.19. The van der Waals surface area contributed by atoms with Crippen LogP contribution in [0.2, 0.25) is 0 Å². The largest absolute Gasteiger partial charge is 0.359 e. The van der Waals surface area contributed by atoms with E-state index in [0.717, 1.165) is 33.5 Å². The molecule has 0 spiro atoms. The van der Waals surface area contributed by atoms with Gasteiger partial charge in [0.2, 0.25) is 0 Å². The van der Waals surface area contributed by atoms with E-state index in [1.807, 2.05) is 69.4 Å². The molecule has 0 aliphatic carbocycles. The van der Waals surface area contributed by atoms with Crippen molar-refractivity contribution in [1.82, 2.24) is 25.6 Å². The Hall–Kier alpha value is -4.60. The zero-order valence-corrected chi connectivity index (χ0v) is 18.9. The van der Waals surface area contributed by atoms with Gasteiger partial charge in [-0.25, -0.2) is 4.79 Å². The number of nitrogens with zero attached hydrogens (tertiary/aromatic N) is 3. The van der Waals surface area contributed by atoms with Crippen molar-refractivity contribution in [1.29, 1.82) is 0 Å². The summed E-state index contributed by atoms with van der Waals surface area (Å²) in [6.45, 7) is 6.04. The maximum Gasteiger partial charge on any atom is 0.324 e. The molecule has 0 aliphatic heterocycles. The Morgan fingerprint density at radius 2 is 1.82 bits per heavy atom. The van der Waals surface area contributed by atoms with Gasteiger partial charge in [0, 0.05) is 45.7 Å². The molecule has 5 N–H and O–H groups in total. The molecule has 0 bridgehead atoms. The van der Waals surface area contributed by atoms with Crippen LogP contribution >= 0.6 is 0 Å². The minimum atomic E-state index is -0.406. The number of carbonyl (C=O) groups is 1. The van der Waals surface area contributed by atoms with Gasteiger partial charge in [0.1, 0.15) is 11.5 Å². The molecular weight excluding hydrogens is 432 g/mol. The van der Waals surface area contributed by atoms with Crippen molar-refractivity contribution in [2.24, 2.45) is 0 Å². The normalized spacial score (nSPS) is 11.5. The average molecular weight is 457 g/mol. The van der Waals surface area contributed by atoms with E-state index in [-0.39, 0.29) is 5.41 Å². The van der Waals surface area contributed by atoms with E-state index in [2.05, 4.69) is 41.5 Å². The number of hydrogen-bond donors (Lipinski definition) is 5. The highest BCUT2D eigenvalue weighted by Gasteiger charge is 2.20. The number of nitrogens with one attached hydrogen (secondary N) is 5. The van der Waals surface area contributed by atoms with Crippen LogP contribution < -0.4 is 16.0 Å². The molecule has 10 heteroatoms. The van der Waals surface area contributed by atoms with E-state index in [0.29, 0.717) is 17.3 Å². The molecule has 0 fully saturated rings. The lowest BCUT2D eigenvalue weighted by molar-refractivity contribution is 0.262. The van der Waals surface area contributed by atoms with Gasteiger partial charge in [-0.2, -0.15) is 10.2 Å². The van der Waals surface area contributed by atoms with E-state index in [4.69, 9.17) is 4.52 Å². The van der Waals surface area contributed by atoms with Crippen LogP contribution in [-0.2, 0) is 5.41 Å². The van der Waals surface area contributed by atoms with Crippen LogP contribution in [0.15, 0.2) is 65.4 Å². The Kier molecular flexibility index (Phi) is 5.25. The highest BCUT2D eigenvalue weighted by molar-refractivity contribution is 5.99. The summed E-state index contributed by atoms with van der Waals surface area (Å²) < 4.78 is 5.30. The number of rotatable bonds is 5. The van der Waals surface area contributed by atoms with Gasteiger partial charge < -0.3 is 15.2 Å². The van der Waals surface area contributed by atoms with Crippen molar-refractivity contribution < 1.29 is 9.32 Å². The lowest BCUT2D eigenvalue weighted by atomic mass is 9.93. The van der Waals surface area contributed by atoms with E-state index < -0.39 is 6.03 Å². The smallest absolute Gasteiger partial charge is 0.324 e. The number of H-pyrrole nitrogens is 2. The summed E-state index contributed by atoms with van der Waals surface area (Å²) in [6.07, 6.45) is 3.55. The summed E-state index contributed by atoms with van der Waals surface area (Å²) in [5, 5.41) is 28.0. The fourth-order valence-electron chi connectivity index (χ4n) is 3.51. The molecule has 0 radical (unpaired) electrons. The highest BCUT2D eigenvalue weighted by Crippen LogP contribution is 2.29. The molecule has 3 aromatic heterocycles. The maximum absolute atomic E-state index is 12.4. The molecule has 5 rings (SSSR count). The van der Waals surface area contributed by atoms with Crippen LogP contribution in [0.4, 0.5) is 27.7 Å². The van der Waals surface area contributed by atoms with Crippen molar-refractivity contribution in [3.8, 4) is 11.3 Å². The van der Waals surface area contributed by atoms with Gasteiger partial charge in [-0.3, -0.25) is 15.5 Å². The summed E-state index contributed by atoms with van der Waals surface area (Å²) in [7, 11) is 0. The molecule has 34 heavy (non-hydrogen) atoms. The zero-order chi connectivity index (χ0) is 23.7. The third-order valence-corrected chi connectivity index (χ3v) is 5.23. The van der Waals surface area contributed by atoms with E-state index in [1.54, 1.807) is 12.3 Å². The molecule has 0 unspecified atom stereocenters. The molecule has 0 saturated heterocycles. The van der Waals surface area contributed by atoms with Gasteiger partial charge in [-0.15, -0.1) is 0 Å². The molecule has 10 nitrogen and oxygen atoms in total. The number of aromatic nitrogens is 5. The van der Waals surface area contributed by atoms with Crippen LogP contribution in [0.5, 0.6) is 0 Å². The second-order valence-corrected chi connectivity index (χ2v) is 8.93. The van der Waals surface area contributed by atoms with Gasteiger partial charge >= 0.3 is 6.03 Å².